The maximum atomic E-state index is 12.6. The summed E-state index contributed by atoms with van der Waals surface area (Å²) >= 11 is 0. The number of halogens is 3. The average Bonchev–Trinajstić information content (AvgIpc) is 3.46. The van der Waals surface area contributed by atoms with Gasteiger partial charge in [-0.3, -0.25) is 4.79 Å². The average molecular weight is 462 g/mol. The minimum absolute atomic E-state index is 0.00336. The largest absolute Gasteiger partial charge is 0.480 e. The van der Waals surface area contributed by atoms with Crippen LogP contribution in [0.25, 0.3) is 11.1 Å². The van der Waals surface area contributed by atoms with E-state index in [1.165, 1.54) is 0 Å². The molecular weight excluding hydrogens is 441 g/mol. The number of fused-ring (bicyclic) bond motifs is 3. The standard InChI is InChI=1S/C23H21F3N2O5/c24-23(25,26)11-18(19(29)30)27-20(31)22(9-10-22)28-21(32)33-12-17-15-7-3-1-5-13(15)14-6-2-4-8-16(14)17/h1-8,17-18H,9-12H2,(H,27,31)(H,28,32)(H,29,30). The number of carbonyl (C=O) groups is 3. The Bertz CT molecular complexity index is 1050. The van der Waals surface area contributed by atoms with Gasteiger partial charge in [0.1, 0.15) is 18.2 Å². The molecule has 2 amide bonds. The molecule has 0 heterocycles. The number of alkyl carbamates (subject to hydrolysis) is 1. The highest BCUT2D eigenvalue weighted by Gasteiger charge is 2.53. The minimum Gasteiger partial charge on any atom is -0.480 e. The third-order valence-electron chi connectivity index (χ3n) is 5.91. The molecule has 10 heteroatoms. The van der Waals surface area contributed by atoms with E-state index in [-0.39, 0.29) is 25.4 Å². The number of carboxylic acids is 1. The van der Waals surface area contributed by atoms with E-state index in [1.807, 2.05) is 53.8 Å². The zero-order valence-electron chi connectivity index (χ0n) is 17.3. The topological polar surface area (TPSA) is 105 Å². The summed E-state index contributed by atoms with van der Waals surface area (Å²) < 4.78 is 43.2. The molecule has 174 valence electrons. The van der Waals surface area contributed by atoms with Crippen LogP contribution in [0.3, 0.4) is 0 Å². The second kappa shape index (κ2) is 8.42. The minimum atomic E-state index is -4.77. The van der Waals surface area contributed by atoms with E-state index in [1.54, 1.807) is 0 Å². The Kier molecular flexibility index (Phi) is 5.77. The number of benzene rings is 2. The first kappa shape index (κ1) is 22.6. The lowest BCUT2D eigenvalue weighted by atomic mass is 9.98. The molecular formula is C23H21F3N2O5. The second-order valence-electron chi connectivity index (χ2n) is 8.22. The summed E-state index contributed by atoms with van der Waals surface area (Å²) in [5.41, 5.74) is 2.62. The van der Waals surface area contributed by atoms with Crippen molar-refractivity contribution in [3.8, 4) is 11.1 Å². The number of carboxylic acid groups (broad SMARTS) is 1. The Morgan fingerprint density at radius 1 is 1.03 bits per heavy atom. The summed E-state index contributed by atoms with van der Waals surface area (Å²) in [7, 11) is 0. The summed E-state index contributed by atoms with van der Waals surface area (Å²) in [6.07, 6.45) is -7.04. The summed E-state index contributed by atoms with van der Waals surface area (Å²) in [5.74, 6) is -2.99. The van der Waals surface area contributed by atoms with Crippen molar-refractivity contribution in [1.29, 1.82) is 0 Å². The molecule has 33 heavy (non-hydrogen) atoms. The molecule has 0 spiro atoms. The van der Waals surface area contributed by atoms with Gasteiger partial charge in [0, 0.05) is 5.92 Å². The molecule has 0 aromatic heterocycles. The molecule has 2 aromatic rings. The van der Waals surface area contributed by atoms with Gasteiger partial charge in [0.25, 0.3) is 0 Å². The SMILES string of the molecule is O=C(NC1(C(=O)NC(CC(F)(F)F)C(=O)O)CC1)OCC1c2ccccc2-c2ccccc21. The number of aliphatic carboxylic acids is 1. The number of nitrogens with one attached hydrogen (secondary N) is 2. The predicted molar refractivity (Wildman–Crippen MR) is 110 cm³/mol. The van der Waals surface area contributed by atoms with E-state index in [0.717, 1.165) is 22.3 Å². The maximum Gasteiger partial charge on any atom is 0.408 e. The fourth-order valence-electron chi connectivity index (χ4n) is 4.09. The van der Waals surface area contributed by atoms with Gasteiger partial charge in [-0.2, -0.15) is 13.2 Å². The molecule has 3 N–H and O–H groups in total. The molecule has 0 radical (unpaired) electrons. The Morgan fingerprint density at radius 2 is 1.58 bits per heavy atom. The van der Waals surface area contributed by atoms with E-state index in [0.29, 0.717) is 0 Å². The van der Waals surface area contributed by atoms with Gasteiger partial charge < -0.3 is 20.5 Å². The zero-order chi connectivity index (χ0) is 23.8. The lowest BCUT2D eigenvalue weighted by Gasteiger charge is -2.22. The van der Waals surface area contributed by atoms with Crippen LogP contribution in [0.1, 0.15) is 36.3 Å². The first-order valence-corrected chi connectivity index (χ1v) is 10.3. The van der Waals surface area contributed by atoms with Gasteiger partial charge in [-0.15, -0.1) is 0 Å². The Labute approximate surface area is 186 Å². The van der Waals surface area contributed by atoms with Crippen LogP contribution in [0, 0.1) is 0 Å². The fourth-order valence-corrected chi connectivity index (χ4v) is 4.09. The number of rotatable bonds is 7. The molecule has 1 saturated carbocycles. The highest BCUT2D eigenvalue weighted by Crippen LogP contribution is 2.44. The van der Waals surface area contributed by atoms with Crippen molar-refractivity contribution in [2.45, 2.75) is 42.9 Å². The fraction of sp³-hybridized carbons (Fsp3) is 0.348. The van der Waals surface area contributed by atoms with Gasteiger partial charge in [-0.05, 0) is 35.1 Å². The van der Waals surface area contributed by atoms with E-state index in [9.17, 15) is 27.6 Å². The molecule has 0 aliphatic heterocycles. The summed E-state index contributed by atoms with van der Waals surface area (Å²) in [5, 5.41) is 13.3. The first-order valence-electron chi connectivity index (χ1n) is 10.3. The zero-order valence-corrected chi connectivity index (χ0v) is 17.3. The van der Waals surface area contributed by atoms with E-state index in [4.69, 9.17) is 9.84 Å². The summed E-state index contributed by atoms with van der Waals surface area (Å²) in [6, 6.07) is 13.3. The van der Waals surface area contributed by atoms with Crippen molar-refractivity contribution in [1.82, 2.24) is 10.6 Å². The lowest BCUT2D eigenvalue weighted by molar-refractivity contribution is -0.160. The van der Waals surface area contributed by atoms with Crippen molar-refractivity contribution >= 4 is 18.0 Å². The van der Waals surface area contributed by atoms with Crippen molar-refractivity contribution in [2.75, 3.05) is 6.61 Å². The molecule has 2 aliphatic rings. The van der Waals surface area contributed by atoms with Gasteiger partial charge in [-0.25, -0.2) is 9.59 Å². The third-order valence-corrected chi connectivity index (χ3v) is 5.91. The number of carbonyl (C=O) groups excluding carboxylic acids is 2. The highest BCUT2D eigenvalue weighted by atomic mass is 19.4. The molecule has 1 unspecified atom stereocenters. The second-order valence-corrected chi connectivity index (χ2v) is 8.22. The third kappa shape index (κ3) is 4.79. The number of amides is 2. The van der Waals surface area contributed by atoms with Crippen molar-refractivity contribution in [3.63, 3.8) is 0 Å². The van der Waals surface area contributed by atoms with Crippen LogP contribution in [-0.4, -0.2) is 47.4 Å². The van der Waals surface area contributed by atoms with Gasteiger partial charge in [0.2, 0.25) is 5.91 Å². The number of hydrogen-bond acceptors (Lipinski definition) is 4. The van der Waals surface area contributed by atoms with Crippen LogP contribution < -0.4 is 10.6 Å². The monoisotopic (exact) mass is 462 g/mol. The van der Waals surface area contributed by atoms with Crippen LogP contribution in [0.2, 0.25) is 0 Å². The molecule has 2 aliphatic carbocycles. The molecule has 2 aromatic carbocycles. The van der Waals surface area contributed by atoms with Gasteiger partial charge in [0.15, 0.2) is 0 Å². The van der Waals surface area contributed by atoms with E-state index in [2.05, 4.69) is 5.32 Å². The van der Waals surface area contributed by atoms with Crippen molar-refractivity contribution in [3.05, 3.63) is 59.7 Å². The summed E-state index contributed by atoms with van der Waals surface area (Å²) in [4.78, 5) is 36.0. The van der Waals surface area contributed by atoms with Gasteiger partial charge in [0.05, 0.1) is 6.42 Å². The first-order chi connectivity index (χ1) is 15.6. The van der Waals surface area contributed by atoms with Crippen molar-refractivity contribution in [2.24, 2.45) is 0 Å². The highest BCUT2D eigenvalue weighted by molar-refractivity contribution is 5.95. The predicted octanol–water partition coefficient (Wildman–Crippen LogP) is 3.58. The number of ether oxygens (including phenoxy) is 1. The summed E-state index contributed by atoms with van der Waals surface area (Å²) in [6.45, 7) is 0.00336. The molecule has 1 fully saturated rings. The van der Waals surface area contributed by atoms with E-state index >= 15 is 0 Å². The number of alkyl halides is 3. The van der Waals surface area contributed by atoms with Crippen LogP contribution >= 0.6 is 0 Å². The Balaban J connectivity index is 1.38. The molecule has 4 rings (SSSR count). The van der Waals surface area contributed by atoms with Crippen LogP contribution in [0.15, 0.2) is 48.5 Å². The van der Waals surface area contributed by atoms with Crippen molar-refractivity contribution < 1.29 is 37.4 Å². The molecule has 0 saturated heterocycles. The van der Waals surface area contributed by atoms with Crippen LogP contribution in [-0.2, 0) is 14.3 Å². The van der Waals surface area contributed by atoms with Crippen LogP contribution in [0.4, 0.5) is 18.0 Å². The lowest BCUT2D eigenvalue weighted by Crippen LogP contribution is -2.54. The van der Waals surface area contributed by atoms with Crippen LogP contribution in [0.5, 0.6) is 0 Å². The van der Waals surface area contributed by atoms with Gasteiger partial charge in [-0.1, -0.05) is 48.5 Å². The Morgan fingerprint density at radius 3 is 2.06 bits per heavy atom. The smallest absolute Gasteiger partial charge is 0.408 e. The molecule has 7 nitrogen and oxygen atoms in total. The number of hydrogen-bond donors (Lipinski definition) is 3. The molecule has 0 bridgehead atoms. The Hall–Kier alpha value is -3.56. The van der Waals surface area contributed by atoms with Gasteiger partial charge >= 0.3 is 18.2 Å². The molecule has 1 atom stereocenters. The van der Waals surface area contributed by atoms with E-state index < -0.39 is 42.1 Å². The normalized spacial score (nSPS) is 16.8. The maximum absolute atomic E-state index is 12.6. The quantitative estimate of drug-likeness (QED) is 0.584.